The van der Waals surface area contributed by atoms with Gasteiger partial charge in [0.25, 0.3) is 0 Å². The van der Waals surface area contributed by atoms with Crippen molar-refractivity contribution in [2.75, 3.05) is 6.26 Å². The van der Waals surface area contributed by atoms with E-state index >= 15 is 0 Å². The van der Waals surface area contributed by atoms with Crippen molar-refractivity contribution in [3.05, 3.63) is 41.5 Å². The second kappa shape index (κ2) is 5.97. The second-order valence-electron chi connectivity index (χ2n) is 5.18. The molecule has 0 saturated heterocycles. The highest BCUT2D eigenvalue weighted by Gasteiger charge is 2.20. The Balaban J connectivity index is 1.62. The zero-order valence-corrected chi connectivity index (χ0v) is 12.8. The summed E-state index contributed by atoms with van der Waals surface area (Å²) in [7, 11) is 0. The maximum Gasteiger partial charge on any atom is 0.149 e. The van der Waals surface area contributed by atoms with Gasteiger partial charge in [0.1, 0.15) is 11.6 Å². The average Bonchev–Trinajstić information content (AvgIpc) is 3.08. The number of hydrogen-bond acceptors (Lipinski definition) is 4. The van der Waals surface area contributed by atoms with Gasteiger partial charge in [0.05, 0.1) is 6.04 Å². The minimum Gasteiger partial charge on any atom is -0.314 e. The molecule has 1 atom stereocenters. The van der Waals surface area contributed by atoms with E-state index in [0.29, 0.717) is 0 Å². The third-order valence-corrected chi connectivity index (χ3v) is 4.54. The van der Waals surface area contributed by atoms with E-state index in [1.807, 2.05) is 0 Å². The van der Waals surface area contributed by atoms with Crippen LogP contribution in [0.15, 0.2) is 29.2 Å². The number of nitrogens with one attached hydrogen (secondary N) is 1. The van der Waals surface area contributed by atoms with Gasteiger partial charge in [-0.1, -0.05) is 12.1 Å². The van der Waals surface area contributed by atoms with Crippen LogP contribution in [0.25, 0.3) is 0 Å². The molecule has 0 bridgehead atoms. The van der Waals surface area contributed by atoms with Gasteiger partial charge in [-0.3, -0.25) is 0 Å². The fraction of sp³-hybridized carbons (Fsp3) is 0.467. The molecule has 1 aliphatic rings. The van der Waals surface area contributed by atoms with Crippen LogP contribution < -0.4 is 5.32 Å². The maximum absolute atomic E-state index is 4.32. The van der Waals surface area contributed by atoms with E-state index in [1.54, 1.807) is 11.8 Å². The fourth-order valence-corrected chi connectivity index (χ4v) is 3.01. The van der Waals surface area contributed by atoms with E-state index in [9.17, 15) is 0 Å². The average molecular weight is 288 g/mol. The largest absolute Gasteiger partial charge is 0.314 e. The van der Waals surface area contributed by atoms with Gasteiger partial charge in [0, 0.05) is 24.4 Å². The molecule has 0 amide bonds. The SMILES string of the molecule is CSc1ccc(CNC(C)c2nnc3n2CCC3)cc1. The van der Waals surface area contributed by atoms with E-state index in [1.165, 1.54) is 16.9 Å². The number of nitrogens with zero attached hydrogens (tertiary/aromatic N) is 3. The van der Waals surface area contributed by atoms with Crippen LogP contribution in [0.2, 0.25) is 0 Å². The van der Waals surface area contributed by atoms with Gasteiger partial charge in [-0.25, -0.2) is 0 Å². The van der Waals surface area contributed by atoms with Gasteiger partial charge >= 0.3 is 0 Å². The van der Waals surface area contributed by atoms with Crippen LogP contribution in [-0.4, -0.2) is 21.0 Å². The predicted octanol–water partition coefficient (Wildman–Crippen LogP) is 2.80. The number of benzene rings is 1. The van der Waals surface area contributed by atoms with Gasteiger partial charge in [0.15, 0.2) is 0 Å². The number of aryl methyl sites for hydroxylation is 1. The van der Waals surface area contributed by atoms with Crippen molar-refractivity contribution >= 4 is 11.8 Å². The molecule has 1 aromatic heterocycles. The molecule has 106 valence electrons. The Morgan fingerprint density at radius 1 is 1.30 bits per heavy atom. The molecule has 0 aliphatic carbocycles. The summed E-state index contributed by atoms with van der Waals surface area (Å²) in [5, 5.41) is 12.1. The zero-order valence-electron chi connectivity index (χ0n) is 12.0. The molecule has 4 nitrogen and oxygen atoms in total. The van der Waals surface area contributed by atoms with Crippen molar-refractivity contribution < 1.29 is 0 Å². The molecule has 2 heterocycles. The zero-order chi connectivity index (χ0) is 13.9. The molecule has 1 aromatic carbocycles. The number of thioether (sulfide) groups is 1. The smallest absolute Gasteiger partial charge is 0.149 e. The molecule has 1 N–H and O–H groups in total. The minimum absolute atomic E-state index is 0.231. The first-order chi connectivity index (χ1) is 9.78. The third kappa shape index (κ3) is 2.74. The molecular formula is C15H20N4S. The fourth-order valence-electron chi connectivity index (χ4n) is 2.60. The molecule has 2 aromatic rings. The molecule has 0 fully saturated rings. The summed E-state index contributed by atoms with van der Waals surface area (Å²) in [5.41, 5.74) is 1.30. The van der Waals surface area contributed by atoms with Gasteiger partial charge in [-0.05, 0) is 37.3 Å². The molecule has 0 radical (unpaired) electrons. The van der Waals surface area contributed by atoms with Crippen LogP contribution in [0.5, 0.6) is 0 Å². The molecule has 5 heteroatoms. The van der Waals surface area contributed by atoms with Crippen molar-refractivity contribution in [2.45, 2.75) is 43.8 Å². The van der Waals surface area contributed by atoms with Gasteiger partial charge in [0.2, 0.25) is 0 Å². The minimum atomic E-state index is 0.231. The summed E-state index contributed by atoms with van der Waals surface area (Å²) in [6.07, 6.45) is 4.36. The number of rotatable bonds is 5. The summed E-state index contributed by atoms with van der Waals surface area (Å²) in [4.78, 5) is 1.30. The Kier molecular flexibility index (Phi) is 4.08. The Morgan fingerprint density at radius 2 is 2.10 bits per heavy atom. The third-order valence-electron chi connectivity index (χ3n) is 3.80. The van der Waals surface area contributed by atoms with Crippen molar-refractivity contribution in [2.24, 2.45) is 0 Å². The first-order valence-corrected chi connectivity index (χ1v) is 8.28. The lowest BCUT2D eigenvalue weighted by molar-refractivity contribution is 0.516. The lowest BCUT2D eigenvalue weighted by Gasteiger charge is -2.14. The standard InChI is InChI=1S/C15H20N4S/c1-11(15-18-17-14-4-3-9-19(14)15)16-10-12-5-7-13(20-2)8-6-12/h5-8,11,16H,3-4,9-10H2,1-2H3. The van der Waals surface area contributed by atoms with E-state index in [4.69, 9.17) is 0 Å². The van der Waals surface area contributed by atoms with E-state index in [-0.39, 0.29) is 6.04 Å². The number of fused-ring (bicyclic) bond motifs is 1. The van der Waals surface area contributed by atoms with Crippen molar-refractivity contribution in [3.63, 3.8) is 0 Å². The highest BCUT2D eigenvalue weighted by atomic mass is 32.2. The Labute approximate surface area is 124 Å². The predicted molar refractivity (Wildman–Crippen MR) is 81.8 cm³/mol. The summed E-state index contributed by atoms with van der Waals surface area (Å²) in [6.45, 7) is 4.08. The molecule has 20 heavy (non-hydrogen) atoms. The van der Waals surface area contributed by atoms with Crippen LogP contribution in [0.1, 0.15) is 36.6 Å². The quantitative estimate of drug-likeness (QED) is 0.859. The van der Waals surface area contributed by atoms with Crippen LogP contribution in [-0.2, 0) is 19.5 Å². The highest BCUT2D eigenvalue weighted by Crippen LogP contribution is 2.19. The number of aromatic nitrogens is 3. The van der Waals surface area contributed by atoms with E-state index in [0.717, 1.165) is 31.2 Å². The normalized spacial score (nSPS) is 15.3. The molecule has 1 unspecified atom stereocenters. The van der Waals surface area contributed by atoms with Crippen molar-refractivity contribution in [1.29, 1.82) is 0 Å². The Hall–Kier alpha value is -1.33. The van der Waals surface area contributed by atoms with E-state index < -0.39 is 0 Å². The topological polar surface area (TPSA) is 42.7 Å². The Bertz CT molecular complexity index is 576. The van der Waals surface area contributed by atoms with Gasteiger partial charge < -0.3 is 9.88 Å². The lowest BCUT2D eigenvalue weighted by atomic mass is 10.2. The van der Waals surface area contributed by atoms with Crippen LogP contribution >= 0.6 is 11.8 Å². The summed E-state index contributed by atoms with van der Waals surface area (Å²) < 4.78 is 2.26. The first kappa shape index (κ1) is 13.6. The van der Waals surface area contributed by atoms with Crippen molar-refractivity contribution in [3.8, 4) is 0 Å². The van der Waals surface area contributed by atoms with E-state index in [2.05, 4.69) is 57.5 Å². The molecule has 1 aliphatic heterocycles. The molecule has 0 spiro atoms. The van der Waals surface area contributed by atoms with Gasteiger partial charge in [-0.2, -0.15) is 0 Å². The maximum atomic E-state index is 4.32. The van der Waals surface area contributed by atoms with Crippen LogP contribution in [0.3, 0.4) is 0 Å². The highest BCUT2D eigenvalue weighted by molar-refractivity contribution is 7.98. The second-order valence-corrected chi connectivity index (χ2v) is 6.06. The van der Waals surface area contributed by atoms with Crippen molar-refractivity contribution in [1.82, 2.24) is 20.1 Å². The molecule has 3 rings (SSSR count). The molecular weight excluding hydrogens is 268 g/mol. The van der Waals surface area contributed by atoms with Crippen LogP contribution in [0, 0.1) is 0 Å². The lowest BCUT2D eigenvalue weighted by Crippen LogP contribution is -2.21. The first-order valence-electron chi connectivity index (χ1n) is 7.06. The molecule has 0 saturated carbocycles. The monoisotopic (exact) mass is 288 g/mol. The summed E-state index contributed by atoms with van der Waals surface area (Å²) >= 11 is 1.77. The number of hydrogen-bond donors (Lipinski definition) is 1. The van der Waals surface area contributed by atoms with Gasteiger partial charge in [-0.15, -0.1) is 22.0 Å². The van der Waals surface area contributed by atoms with Crippen LogP contribution in [0.4, 0.5) is 0 Å². The summed E-state index contributed by atoms with van der Waals surface area (Å²) in [5.74, 6) is 2.20. The Morgan fingerprint density at radius 3 is 2.85 bits per heavy atom. The summed E-state index contributed by atoms with van der Waals surface area (Å²) in [6, 6.07) is 8.93.